The number of hydrogen-bond donors (Lipinski definition) is 1. The van der Waals surface area contributed by atoms with Crippen molar-refractivity contribution in [3.8, 4) is 0 Å². The number of benzene rings is 1. The van der Waals surface area contributed by atoms with E-state index >= 15 is 0 Å². The average molecular weight is 273 g/mol. The van der Waals surface area contributed by atoms with Crippen LogP contribution in [0.4, 0.5) is 0 Å². The summed E-state index contributed by atoms with van der Waals surface area (Å²) in [5, 5.41) is 10.8. The first-order valence-corrected chi connectivity index (χ1v) is 8.16. The number of fused-ring (bicyclic) bond motifs is 1. The summed E-state index contributed by atoms with van der Waals surface area (Å²) in [5.41, 5.74) is 2.90. The van der Waals surface area contributed by atoms with Gasteiger partial charge in [-0.05, 0) is 69.2 Å². The Morgan fingerprint density at radius 1 is 1.30 bits per heavy atom. The molecule has 3 unspecified atom stereocenters. The molecule has 2 heteroatoms. The molecule has 1 fully saturated rings. The monoisotopic (exact) mass is 273 g/mol. The molecule has 20 heavy (non-hydrogen) atoms. The molecule has 1 aromatic carbocycles. The van der Waals surface area contributed by atoms with Crippen LogP contribution >= 0.6 is 0 Å². The summed E-state index contributed by atoms with van der Waals surface area (Å²) in [6.45, 7) is 6.79. The minimum absolute atomic E-state index is 0.0406. The number of hydrogen-bond acceptors (Lipinski definition) is 2. The number of aliphatic hydroxyl groups excluding tert-OH is 1. The van der Waals surface area contributed by atoms with Crippen LogP contribution in [0.25, 0.3) is 0 Å². The van der Waals surface area contributed by atoms with Crippen molar-refractivity contribution in [1.29, 1.82) is 0 Å². The van der Waals surface area contributed by atoms with Gasteiger partial charge in [-0.3, -0.25) is 4.90 Å². The quantitative estimate of drug-likeness (QED) is 0.889. The molecule has 0 spiro atoms. The van der Waals surface area contributed by atoms with Crippen molar-refractivity contribution < 1.29 is 5.11 Å². The van der Waals surface area contributed by atoms with Crippen LogP contribution in [-0.2, 0) is 6.42 Å². The lowest BCUT2D eigenvalue weighted by molar-refractivity contribution is -0.0213. The summed E-state index contributed by atoms with van der Waals surface area (Å²) in [4.78, 5) is 2.52. The maximum Gasteiger partial charge on any atom is 0.0727 e. The Morgan fingerprint density at radius 3 is 2.65 bits per heavy atom. The second-order valence-corrected chi connectivity index (χ2v) is 6.76. The molecule has 2 aliphatic rings. The van der Waals surface area contributed by atoms with Crippen LogP contribution in [-0.4, -0.2) is 34.7 Å². The molecule has 0 radical (unpaired) electrons. The van der Waals surface area contributed by atoms with Crippen LogP contribution in [0.2, 0.25) is 0 Å². The number of aliphatic hydroxyl groups is 1. The number of likely N-dealkylation sites (tertiary alicyclic amines) is 1. The Balaban J connectivity index is 1.68. The van der Waals surface area contributed by atoms with Crippen LogP contribution in [0, 0.1) is 0 Å². The molecule has 0 bridgehead atoms. The van der Waals surface area contributed by atoms with Crippen molar-refractivity contribution >= 4 is 0 Å². The first-order valence-electron chi connectivity index (χ1n) is 8.16. The van der Waals surface area contributed by atoms with Crippen molar-refractivity contribution in [2.24, 2.45) is 0 Å². The molecule has 2 nitrogen and oxygen atoms in total. The lowest BCUT2D eigenvalue weighted by Gasteiger charge is -2.44. The fourth-order valence-corrected chi connectivity index (χ4v) is 3.99. The molecule has 1 heterocycles. The zero-order valence-corrected chi connectivity index (χ0v) is 12.8. The summed E-state index contributed by atoms with van der Waals surface area (Å²) in [6, 6.07) is 8.69. The molecule has 0 amide bonds. The Hall–Kier alpha value is -0.860. The van der Waals surface area contributed by atoms with Gasteiger partial charge in [-0.25, -0.2) is 0 Å². The Bertz CT molecular complexity index is 466. The largest absolute Gasteiger partial charge is 0.391 e. The van der Waals surface area contributed by atoms with Gasteiger partial charge in [-0.15, -0.1) is 0 Å². The van der Waals surface area contributed by atoms with Gasteiger partial charge in [-0.2, -0.15) is 0 Å². The Kier molecular flexibility index (Phi) is 3.87. The predicted octanol–water partition coefficient (Wildman–Crippen LogP) is 3.34. The molecule has 0 saturated carbocycles. The van der Waals surface area contributed by atoms with Crippen LogP contribution in [0.5, 0.6) is 0 Å². The minimum atomic E-state index is -0.219. The fourth-order valence-electron chi connectivity index (χ4n) is 3.99. The zero-order valence-electron chi connectivity index (χ0n) is 12.8. The van der Waals surface area contributed by atoms with Gasteiger partial charge in [-0.1, -0.05) is 31.2 Å². The van der Waals surface area contributed by atoms with Crippen LogP contribution < -0.4 is 0 Å². The topological polar surface area (TPSA) is 23.5 Å². The maximum atomic E-state index is 10.8. The number of nitrogens with zero attached hydrogens (tertiary/aromatic N) is 1. The lowest BCUT2D eigenvalue weighted by atomic mass is 9.72. The van der Waals surface area contributed by atoms with Gasteiger partial charge < -0.3 is 5.11 Å². The van der Waals surface area contributed by atoms with Crippen molar-refractivity contribution in [2.75, 3.05) is 13.1 Å². The van der Waals surface area contributed by atoms with E-state index in [1.807, 2.05) is 0 Å². The summed E-state index contributed by atoms with van der Waals surface area (Å²) in [6.07, 6.45) is 5.44. The SMILES string of the molecule is CCC(C)(C(O)CC1Cc2ccccc21)N1CCCC1. The zero-order chi connectivity index (χ0) is 14.2. The molecule has 1 aromatic rings. The van der Waals surface area contributed by atoms with Gasteiger partial charge in [0, 0.05) is 5.54 Å². The van der Waals surface area contributed by atoms with Crippen molar-refractivity contribution in [1.82, 2.24) is 4.90 Å². The molecular formula is C18H27NO. The van der Waals surface area contributed by atoms with Gasteiger partial charge >= 0.3 is 0 Å². The van der Waals surface area contributed by atoms with E-state index in [1.165, 1.54) is 24.0 Å². The van der Waals surface area contributed by atoms with E-state index < -0.39 is 0 Å². The summed E-state index contributed by atoms with van der Waals surface area (Å²) in [5.74, 6) is 0.565. The van der Waals surface area contributed by atoms with Crippen LogP contribution in [0.1, 0.15) is 56.6 Å². The first kappa shape index (κ1) is 14.1. The third-order valence-electron chi connectivity index (χ3n) is 5.73. The van der Waals surface area contributed by atoms with E-state index in [0.29, 0.717) is 5.92 Å². The fraction of sp³-hybridized carbons (Fsp3) is 0.667. The van der Waals surface area contributed by atoms with E-state index in [2.05, 4.69) is 43.0 Å². The lowest BCUT2D eigenvalue weighted by Crippen LogP contribution is -2.53. The van der Waals surface area contributed by atoms with Crippen molar-refractivity contribution in [3.63, 3.8) is 0 Å². The highest BCUT2D eigenvalue weighted by Crippen LogP contribution is 2.41. The summed E-state index contributed by atoms with van der Waals surface area (Å²) in [7, 11) is 0. The molecule has 0 aromatic heterocycles. The Labute approximate surface area is 122 Å². The Morgan fingerprint density at radius 2 is 2.00 bits per heavy atom. The molecule has 1 N–H and O–H groups in total. The first-order chi connectivity index (χ1) is 9.65. The molecule has 1 aliphatic carbocycles. The highest BCUT2D eigenvalue weighted by molar-refractivity contribution is 5.40. The van der Waals surface area contributed by atoms with Gasteiger partial charge in [0.1, 0.15) is 0 Å². The van der Waals surface area contributed by atoms with Gasteiger partial charge in [0.05, 0.1) is 6.10 Å². The molecule has 110 valence electrons. The second-order valence-electron chi connectivity index (χ2n) is 6.76. The van der Waals surface area contributed by atoms with Gasteiger partial charge in [0.15, 0.2) is 0 Å². The van der Waals surface area contributed by atoms with E-state index in [1.54, 1.807) is 0 Å². The molecule has 3 rings (SSSR count). The minimum Gasteiger partial charge on any atom is -0.391 e. The standard InChI is InChI=1S/C18H27NO/c1-3-18(2,19-10-6-7-11-19)17(20)13-15-12-14-8-4-5-9-16(14)15/h4-5,8-9,15,17,20H,3,6-7,10-13H2,1-2H3. The highest BCUT2D eigenvalue weighted by Gasteiger charge is 2.40. The molecule has 3 atom stereocenters. The third kappa shape index (κ3) is 2.29. The van der Waals surface area contributed by atoms with E-state index in [9.17, 15) is 5.11 Å². The van der Waals surface area contributed by atoms with E-state index in [0.717, 1.165) is 32.4 Å². The van der Waals surface area contributed by atoms with E-state index in [-0.39, 0.29) is 11.6 Å². The number of rotatable bonds is 5. The van der Waals surface area contributed by atoms with Crippen molar-refractivity contribution in [3.05, 3.63) is 35.4 Å². The maximum absolute atomic E-state index is 10.8. The predicted molar refractivity (Wildman–Crippen MR) is 83.0 cm³/mol. The van der Waals surface area contributed by atoms with Crippen LogP contribution in [0.3, 0.4) is 0 Å². The van der Waals surface area contributed by atoms with Crippen molar-refractivity contribution in [2.45, 2.75) is 63.5 Å². The molecule has 1 aliphatic heterocycles. The summed E-state index contributed by atoms with van der Waals surface area (Å²) >= 11 is 0. The average Bonchev–Trinajstić information content (AvgIpc) is 2.98. The molecule has 1 saturated heterocycles. The summed E-state index contributed by atoms with van der Waals surface area (Å²) < 4.78 is 0. The van der Waals surface area contributed by atoms with Crippen LogP contribution in [0.15, 0.2) is 24.3 Å². The third-order valence-corrected chi connectivity index (χ3v) is 5.73. The normalized spacial score (nSPS) is 26.6. The van der Waals surface area contributed by atoms with Gasteiger partial charge in [0.25, 0.3) is 0 Å². The van der Waals surface area contributed by atoms with E-state index in [4.69, 9.17) is 0 Å². The second kappa shape index (κ2) is 5.50. The van der Waals surface area contributed by atoms with Gasteiger partial charge in [0.2, 0.25) is 0 Å². The highest BCUT2D eigenvalue weighted by atomic mass is 16.3. The molecular weight excluding hydrogens is 246 g/mol. The smallest absolute Gasteiger partial charge is 0.0727 e.